The molecule has 0 aromatic heterocycles. The molecule has 5 aliphatic rings. The second kappa shape index (κ2) is 10.3. The van der Waals surface area contributed by atoms with Crippen molar-refractivity contribution < 1.29 is 19.5 Å². The summed E-state index contributed by atoms with van der Waals surface area (Å²) in [7, 11) is 0. The van der Waals surface area contributed by atoms with E-state index in [1.165, 1.54) is 24.2 Å². The number of nitrogens with two attached hydrogens (primary N) is 1. The van der Waals surface area contributed by atoms with E-state index in [2.05, 4.69) is 10.6 Å². The van der Waals surface area contributed by atoms with Gasteiger partial charge in [0.05, 0.1) is 18.0 Å². The van der Waals surface area contributed by atoms with Gasteiger partial charge in [-0.25, -0.2) is 4.79 Å². The topological polar surface area (TPSA) is 128 Å². The number of hydrogen-bond acceptors (Lipinski definition) is 5. The standard InChI is InChI=1S/C30H37N5O4/c31-22(17-36)16-34-24-8-4-5-9-25(24)35(18-30-13-19-10-20(14-30)12-21(11-19)15-30)28(38)26(27(34)37)33-29(39)32-23-6-2-1-3-7-23/h1-9,19-22,26,36H,10-18,31H2,(H2,32,33,39)/t19?,20?,21?,22-,26-,30?/m1/s1. The van der Waals surface area contributed by atoms with E-state index >= 15 is 0 Å². The van der Waals surface area contributed by atoms with Crippen molar-refractivity contribution in [2.45, 2.75) is 50.6 Å². The van der Waals surface area contributed by atoms with E-state index < -0.39 is 29.9 Å². The van der Waals surface area contributed by atoms with Gasteiger partial charge >= 0.3 is 6.03 Å². The highest BCUT2D eigenvalue weighted by Crippen LogP contribution is 2.60. The highest BCUT2D eigenvalue weighted by atomic mass is 16.3. The number of carbonyl (C=O) groups is 3. The quantitative estimate of drug-likeness (QED) is 0.408. The first-order valence-electron chi connectivity index (χ1n) is 14.0. The molecule has 7 rings (SSSR count). The highest BCUT2D eigenvalue weighted by Gasteiger charge is 2.53. The Morgan fingerprint density at radius 2 is 1.44 bits per heavy atom. The lowest BCUT2D eigenvalue weighted by Crippen LogP contribution is -2.59. The van der Waals surface area contributed by atoms with E-state index in [-0.39, 0.29) is 18.6 Å². The minimum Gasteiger partial charge on any atom is -0.395 e. The van der Waals surface area contributed by atoms with Gasteiger partial charge in [0.25, 0.3) is 11.8 Å². The fourth-order valence-corrected chi connectivity index (χ4v) is 7.98. The van der Waals surface area contributed by atoms with E-state index in [1.807, 2.05) is 30.3 Å². The summed E-state index contributed by atoms with van der Waals surface area (Å²) in [5, 5.41) is 15.1. The smallest absolute Gasteiger partial charge is 0.320 e. The van der Waals surface area contributed by atoms with Crippen molar-refractivity contribution in [1.82, 2.24) is 5.32 Å². The molecule has 0 saturated heterocycles. The minimum absolute atomic E-state index is 0.0172. The van der Waals surface area contributed by atoms with E-state index in [0.29, 0.717) is 41.4 Å². The molecular weight excluding hydrogens is 494 g/mol. The molecule has 0 unspecified atom stereocenters. The first-order chi connectivity index (χ1) is 18.8. The lowest BCUT2D eigenvalue weighted by atomic mass is 9.49. The number of hydrogen-bond donors (Lipinski definition) is 4. The molecule has 0 radical (unpaired) electrons. The summed E-state index contributed by atoms with van der Waals surface area (Å²) in [6, 6.07) is 13.5. The zero-order chi connectivity index (χ0) is 27.1. The molecule has 4 amide bonds. The molecule has 1 aliphatic heterocycles. The van der Waals surface area contributed by atoms with Crippen molar-refractivity contribution in [2.24, 2.45) is 28.9 Å². The number of amides is 4. The van der Waals surface area contributed by atoms with Crippen LogP contribution >= 0.6 is 0 Å². The van der Waals surface area contributed by atoms with Crippen LogP contribution in [0.5, 0.6) is 0 Å². The number of fused-ring (bicyclic) bond motifs is 1. The molecule has 4 saturated carbocycles. The van der Waals surface area contributed by atoms with Gasteiger partial charge in [-0.1, -0.05) is 30.3 Å². The van der Waals surface area contributed by atoms with Crippen molar-refractivity contribution >= 4 is 34.9 Å². The van der Waals surface area contributed by atoms with Crippen LogP contribution in [0.2, 0.25) is 0 Å². The summed E-state index contributed by atoms with van der Waals surface area (Å²) in [6.45, 7) is 0.227. The number of rotatable bonds is 7. The number of urea groups is 1. The van der Waals surface area contributed by atoms with Gasteiger partial charge in [-0.2, -0.15) is 0 Å². The molecular formula is C30H37N5O4. The zero-order valence-electron chi connectivity index (χ0n) is 22.1. The maximum absolute atomic E-state index is 14.3. The molecule has 4 aliphatic carbocycles. The maximum Gasteiger partial charge on any atom is 0.320 e. The van der Waals surface area contributed by atoms with Gasteiger partial charge in [-0.05, 0) is 86.0 Å². The zero-order valence-corrected chi connectivity index (χ0v) is 22.1. The predicted molar refractivity (Wildman–Crippen MR) is 149 cm³/mol. The van der Waals surface area contributed by atoms with Crippen molar-refractivity contribution in [3.63, 3.8) is 0 Å². The van der Waals surface area contributed by atoms with Crippen molar-refractivity contribution in [3.8, 4) is 0 Å². The van der Waals surface area contributed by atoms with Crippen molar-refractivity contribution in [3.05, 3.63) is 54.6 Å². The summed E-state index contributed by atoms with van der Waals surface area (Å²) >= 11 is 0. The maximum atomic E-state index is 14.3. The van der Waals surface area contributed by atoms with Crippen LogP contribution < -0.4 is 26.2 Å². The number of nitrogens with one attached hydrogen (secondary N) is 2. The summed E-state index contributed by atoms with van der Waals surface area (Å²) in [5.74, 6) is 1.12. The molecule has 206 valence electrons. The normalized spacial score (nSPS) is 30.1. The molecule has 2 aromatic rings. The van der Waals surface area contributed by atoms with Gasteiger partial charge in [-0.3, -0.25) is 9.59 Å². The molecule has 4 fully saturated rings. The van der Waals surface area contributed by atoms with Crippen LogP contribution in [0.4, 0.5) is 21.9 Å². The Morgan fingerprint density at radius 1 is 0.897 bits per heavy atom. The molecule has 39 heavy (non-hydrogen) atoms. The third-order valence-corrected chi connectivity index (χ3v) is 9.11. The second-order valence-electron chi connectivity index (χ2n) is 12.1. The van der Waals surface area contributed by atoms with Crippen molar-refractivity contribution in [1.29, 1.82) is 0 Å². The van der Waals surface area contributed by atoms with Gasteiger partial charge in [0.2, 0.25) is 0 Å². The minimum atomic E-state index is -1.43. The summed E-state index contributed by atoms with van der Waals surface area (Å²) in [5.41, 5.74) is 7.87. The van der Waals surface area contributed by atoms with Crippen LogP contribution in [0, 0.1) is 23.2 Å². The largest absolute Gasteiger partial charge is 0.395 e. The number of nitrogens with zero attached hydrogens (tertiary/aromatic N) is 2. The second-order valence-corrected chi connectivity index (χ2v) is 12.1. The van der Waals surface area contributed by atoms with Crippen LogP contribution in [-0.2, 0) is 9.59 Å². The van der Waals surface area contributed by atoms with E-state index in [0.717, 1.165) is 19.3 Å². The molecule has 2 aromatic carbocycles. The summed E-state index contributed by atoms with van der Waals surface area (Å²) in [6.07, 6.45) is 7.18. The summed E-state index contributed by atoms with van der Waals surface area (Å²) < 4.78 is 0. The van der Waals surface area contributed by atoms with Crippen LogP contribution in [0.15, 0.2) is 54.6 Å². The molecule has 4 bridgehead atoms. The number of aliphatic hydroxyl groups excluding tert-OH is 1. The SMILES string of the molecule is N[C@@H](CO)CN1C(=O)[C@@H](NC(=O)Nc2ccccc2)C(=O)N(CC23CC4CC(CC(C4)C2)C3)c2ccccc21. The van der Waals surface area contributed by atoms with Crippen molar-refractivity contribution in [2.75, 3.05) is 34.8 Å². The average molecular weight is 532 g/mol. The highest BCUT2D eigenvalue weighted by molar-refractivity contribution is 6.21. The van der Waals surface area contributed by atoms with Crippen LogP contribution in [-0.4, -0.2) is 54.7 Å². The average Bonchev–Trinajstić information content (AvgIpc) is 2.99. The Morgan fingerprint density at radius 3 is 2.03 bits per heavy atom. The monoisotopic (exact) mass is 531 g/mol. The van der Waals surface area contributed by atoms with E-state index in [1.54, 1.807) is 29.2 Å². The Labute approximate surface area is 228 Å². The Kier molecular flexibility index (Phi) is 6.81. The van der Waals surface area contributed by atoms with Gasteiger partial charge in [0.15, 0.2) is 6.04 Å². The number of benzene rings is 2. The Hall–Kier alpha value is -3.43. The van der Waals surface area contributed by atoms with Gasteiger partial charge in [-0.15, -0.1) is 0 Å². The van der Waals surface area contributed by atoms with E-state index in [9.17, 15) is 19.5 Å². The first kappa shape index (κ1) is 25.8. The Balaban J connectivity index is 1.35. The van der Waals surface area contributed by atoms with Gasteiger partial charge in [0, 0.05) is 24.8 Å². The number of anilines is 3. The molecule has 9 nitrogen and oxygen atoms in total. The molecule has 1 heterocycles. The molecule has 5 N–H and O–H groups in total. The number of para-hydroxylation sites is 3. The predicted octanol–water partition coefficient (Wildman–Crippen LogP) is 3.09. The molecule has 0 spiro atoms. The fraction of sp³-hybridized carbons (Fsp3) is 0.500. The van der Waals surface area contributed by atoms with Crippen LogP contribution in [0.1, 0.15) is 38.5 Å². The van der Waals surface area contributed by atoms with Gasteiger partial charge < -0.3 is 31.3 Å². The van der Waals surface area contributed by atoms with Gasteiger partial charge in [0.1, 0.15) is 0 Å². The van der Waals surface area contributed by atoms with Crippen LogP contribution in [0.3, 0.4) is 0 Å². The molecule has 2 atom stereocenters. The fourth-order valence-electron chi connectivity index (χ4n) is 7.98. The number of carbonyl (C=O) groups excluding carboxylic acids is 3. The summed E-state index contributed by atoms with van der Waals surface area (Å²) in [4.78, 5) is 44.5. The van der Waals surface area contributed by atoms with E-state index in [4.69, 9.17) is 5.73 Å². The number of aliphatic hydroxyl groups is 1. The lowest BCUT2D eigenvalue weighted by Gasteiger charge is -2.57. The third kappa shape index (κ3) is 5.01. The lowest BCUT2D eigenvalue weighted by molar-refractivity contribution is -0.129. The Bertz CT molecular complexity index is 1220. The first-order valence-corrected chi connectivity index (χ1v) is 14.0. The van der Waals surface area contributed by atoms with Crippen LogP contribution in [0.25, 0.3) is 0 Å². The molecule has 9 heteroatoms. The third-order valence-electron chi connectivity index (χ3n) is 9.11.